The molecule has 1 amide bonds. The Kier molecular flexibility index (Phi) is 7.66. The van der Waals surface area contributed by atoms with Crippen LogP contribution in [0.25, 0.3) is 22.2 Å². The Morgan fingerprint density at radius 3 is 2.39 bits per heavy atom. The number of benzene rings is 3. The number of fused-ring (bicyclic) bond motifs is 1. The van der Waals surface area contributed by atoms with Gasteiger partial charge in [-0.05, 0) is 42.5 Å². The molecular weight excluding hydrogens is 494 g/mol. The van der Waals surface area contributed by atoms with Crippen molar-refractivity contribution >= 4 is 34.2 Å². The first kappa shape index (κ1) is 25.9. The van der Waals surface area contributed by atoms with Crippen LogP contribution in [0.4, 0.5) is 11.4 Å². The molecule has 4 rings (SSSR count). The number of anilines is 1. The third-order valence-corrected chi connectivity index (χ3v) is 5.63. The Morgan fingerprint density at radius 2 is 1.68 bits per heavy atom. The number of nitro benzene ring substituents is 1. The predicted molar refractivity (Wildman–Crippen MR) is 139 cm³/mol. The number of esters is 1. The molecule has 0 bridgehead atoms. The summed E-state index contributed by atoms with van der Waals surface area (Å²) in [5, 5.41) is 14.3. The molecule has 0 aliphatic rings. The van der Waals surface area contributed by atoms with E-state index in [-0.39, 0.29) is 22.7 Å². The number of para-hydroxylation sites is 1. The van der Waals surface area contributed by atoms with Gasteiger partial charge in [-0.2, -0.15) is 0 Å². The Bertz CT molecular complexity index is 1540. The second kappa shape index (κ2) is 11.2. The Morgan fingerprint density at radius 1 is 0.921 bits per heavy atom. The summed E-state index contributed by atoms with van der Waals surface area (Å²) < 4.78 is 20.9. The SMILES string of the molecule is COc1ccc(NC(=O)COC(=O)c2cc(-c3ccc(OC)c(OC)c3)nc3ccccc23)c([N+](=O)[O-])c1. The first-order valence-corrected chi connectivity index (χ1v) is 11.3. The molecule has 0 unspecified atom stereocenters. The lowest BCUT2D eigenvalue weighted by Gasteiger charge is -2.12. The van der Waals surface area contributed by atoms with Gasteiger partial charge in [0, 0.05) is 10.9 Å². The van der Waals surface area contributed by atoms with E-state index in [0.29, 0.717) is 33.7 Å². The topological polar surface area (TPSA) is 139 Å². The zero-order valence-corrected chi connectivity index (χ0v) is 20.7. The number of rotatable bonds is 9. The maximum atomic E-state index is 13.1. The summed E-state index contributed by atoms with van der Waals surface area (Å²) in [7, 11) is 4.42. The summed E-state index contributed by atoms with van der Waals surface area (Å²) in [6, 6.07) is 17.8. The molecule has 194 valence electrons. The number of nitro groups is 1. The lowest BCUT2D eigenvalue weighted by Crippen LogP contribution is -2.21. The number of nitrogens with zero attached hydrogens (tertiary/aromatic N) is 2. The largest absolute Gasteiger partial charge is 0.496 e. The summed E-state index contributed by atoms with van der Waals surface area (Å²) in [5.74, 6) is -0.209. The lowest BCUT2D eigenvalue weighted by atomic mass is 10.0. The van der Waals surface area contributed by atoms with Crippen LogP contribution in [0.1, 0.15) is 10.4 Å². The second-order valence-electron chi connectivity index (χ2n) is 7.91. The van der Waals surface area contributed by atoms with E-state index in [1.165, 1.54) is 39.5 Å². The van der Waals surface area contributed by atoms with Gasteiger partial charge in [0.05, 0.1) is 49.1 Å². The molecule has 0 aliphatic heterocycles. The van der Waals surface area contributed by atoms with Gasteiger partial charge < -0.3 is 24.3 Å². The summed E-state index contributed by atoms with van der Waals surface area (Å²) in [5.41, 5.74) is 1.49. The number of nitrogens with one attached hydrogen (secondary N) is 1. The van der Waals surface area contributed by atoms with Crippen LogP contribution in [0.3, 0.4) is 0 Å². The third-order valence-electron chi connectivity index (χ3n) is 5.63. The van der Waals surface area contributed by atoms with Crippen molar-refractivity contribution in [3.05, 3.63) is 82.4 Å². The van der Waals surface area contributed by atoms with Gasteiger partial charge in [0.15, 0.2) is 18.1 Å². The molecule has 0 spiro atoms. The van der Waals surface area contributed by atoms with Gasteiger partial charge in [0.2, 0.25) is 0 Å². The molecule has 0 atom stereocenters. The molecule has 1 aromatic heterocycles. The average molecular weight is 517 g/mol. The fourth-order valence-corrected chi connectivity index (χ4v) is 3.78. The maximum absolute atomic E-state index is 13.1. The van der Waals surface area contributed by atoms with E-state index in [9.17, 15) is 19.7 Å². The fourth-order valence-electron chi connectivity index (χ4n) is 3.78. The Balaban J connectivity index is 1.58. The number of hydrogen-bond donors (Lipinski definition) is 1. The van der Waals surface area contributed by atoms with Crippen LogP contribution in [-0.2, 0) is 9.53 Å². The standard InChI is InChI=1S/C27H23N3O8/c1-35-17-9-10-21(23(13-17)30(33)34)29-26(31)15-38-27(32)19-14-22(28-20-7-5-4-6-18(19)20)16-8-11-24(36-2)25(12-16)37-3/h4-14H,15H2,1-3H3,(H,29,31). The molecule has 4 aromatic rings. The van der Waals surface area contributed by atoms with Gasteiger partial charge in [0.1, 0.15) is 11.4 Å². The van der Waals surface area contributed by atoms with Gasteiger partial charge in [-0.25, -0.2) is 9.78 Å². The molecule has 1 heterocycles. The third kappa shape index (κ3) is 5.46. The number of amides is 1. The highest BCUT2D eigenvalue weighted by Crippen LogP contribution is 2.33. The Labute approximate surface area is 217 Å². The normalized spacial score (nSPS) is 10.5. The molecule has 11 heteroatoms. The molecule has 0 saturated heterocycles. The quantitative estimate of drug-likeness (QED) is 0.191. The fraction of sp³-hybridized carbons (Fsp3) is 0.148. The van der Waals surface area contributed by atoms with Crippen molar-refractivity contribution in [2.75, 3.05) is 33.3 Å². The van der Waals surface area contributed by atoms with Crippen molar-refractivity contribution in [1.82, 2.24) is 4.98 Å². The molecule has 0 radical (unpaired) electrons. The molecule has 1 N–H and O–H groups in total. The van der Waals surface area contributed by atoms with Crippen LogP contribution < -0.4 is 19.5 Å². The van der Waals surface area contributed by atoms with E-state index in [1.807, 2.05) is 0 Å². The van der Waals surface area contributed by atoms with Crippen molar-refractivity contribution < 1.29 is 33.5 Å². The molecule has 0 aliphatic carbocycles. The number of carbonyl (C=O) groups is 2. The highest BCUT2D eigenvalue weighted by molar-refractivity contribution is 6.05. The average Bonchev–Trinajstić information content (AvgIpc) is 2.94. The first-order chi connectivity index (χ1) is 18.3. The number of pyridine rings is 1. The zero-order chi connectivity index (χ0) is 27.2. The van der Waals surface area contributed by atoms with E-state index < -0.39 is 23.4 Å². The predicted octanol–water partition coefficient (Wildman–Crippen LogP) is 4.63. The van der Waals surface area contributed by atoms with Gasteiger partial charge in [-0.3, -0.25) is 14.9 Å². The van der Waals surface area contributed by atoms with E-state index in [0.717, 1.165) is 0 Å². The highest BCUT2D eigenvalue weighted by atomic mass is 16.6. The summed E-state index contributed by atoms with van der Waals surface area (Å²) >= 11 is 0. The minimum atomic E-state index is -0.760. The molecule has 0 saturated carbocycles. The molecule has 3 aromatic carbocycles. The van der Waals surface area contributed by atoms with Crippen molar-refractivity contribution in [3.63, 3.8) is 0 Å². The first-order valence-electron chi connectivity index (χ1n) is 11.3. The van der Waals surface area contributed by atoms with E-state index in [4.69, 9.17) is 18.9 Å². The minimum absolute atomic E-state index is 0.0538. The van der Waals surface area contributed by atoms with Gasteiger partial charge in [-0.1, -0.05) is 18.2 Å². The van der Waals surface area contributed by atoms with Gasteiger partial charge in [0.25, 0.3) is 11.6 Å². The summed E-state index contributed by atoms with van der Waals surface area (Å²) in [6.45, 7) is -0.662. The minimum Gasteiger partial charge on any atom is -0.496 e. The van der Waals surface area contributed by atoms with Crippen LogP contribution in [0.5, 0.6) is 17.2 Å². The number of carbonyl (C=O) groups excluding carboxylic acids is 2. The van der Waals surface area contributed by atoms with E-state index >= 15 is 0 Å². The molecule has 11 nitrogen and oxygen atoms in total. The lowest BCUT2D eigenvalue weighted by molar-refractivity contribution is -0.384. The molecule has 38 heavy (non-hydrogen) atoms. The van der Waals surface area contributed by atoms with Crippen LogP contribution in [-0.4, -0.2) is 49.7 Å². The smallest absolute Gasteiger partial charge is 0.339 e. The number of hydrogen-bond acceptors (Lipinski definition) is 9. The van der Waals surface area contributed by atoms with Gasteiger partial charge in [-0.15, -0.1) is 0 Å². The van der Waals surface area contributed by atoms with Gasteiger partial charge >= 0.3 is 5.97 Å². The zero-order valence-electron chi connectivity index (χ0n) is 20.7. The monoisotopic (exact) mass is 517 g/mol. The van der Waals surface area contributed by atoms with Crippen molar-refractivity contribution in [2.24, 2.45) is 0 Å². The van der Waals surface area contributed by atoms with Crippen LogP contribution in [0.2, 0.25) is 0 Å². The van der Waals surface area contributed by atoms with Crippen LogP contribution >= 0.6 is 0 Å². The maximum Gasteiger partial charge on any atom is 0.339 e. The number of ether oxygens (including phenoxy) is 4. The second-order valence-corrected chi connectivity index (χ2v) is 7.91. The number of aromatic nitrogens is 1. The van der Waals surface area contributed by atoms with E-state index in [1.54, 1.807) is 48.5 Å². The molecular formula is C27H23N3O8. The van der Waals surface area contributed by atoms with Crippen molar-refractivity contribution in [2.45, 2.75) is 0 Å². The van der Waals surface area contributed by atoms with Crippen molar-refractivity contribution in [1.29, 1.82) is 0 Å². The highest BCUT2D eigenvalue weighted by Gasteiger charge is 2.20. The summed E-state index contributed by atoms with van der Waals surface area (Å²) in [4.78, 5) is 40.9. The van der Waals surface area contributed by atoms with Crippen molar-refractivity contribution in [3.8, 4) is 28.5 Å². The van der Waals surface area contributed by atoms with Crippen LogP contribution in [0.15, 0.2) is 66.7 Å². The van der Waals surface area contributed by atoms with Crippen LogP contribution in [0, 0.1) is 10.1 Å². The van der Waals surface area contributed by atoms with E-state index in [2.05, 4.69) is 10.3 Å². The number of methoxy groups -OCH3 is 3. The Hall–Kier alpha value is -5.19. The molecule has 0 fully saturated rings. The summed E-state index contributed by atoms with van der Waals surface area (Å²) in [6.07, 6.45) is 0.